The van der Waals surface area contributed by atoms with Gasteiger partial charge in [-0.3, -0.25) is 4.79 Å². The summed E-state index contributed by atoms with van der Waals surface area (Å²) in [5.74, 6) is 0.203. The number of amides is 1. The highest BCUT2D eigenvalue weighted by Crippen LogP contribution is 2.13. The van der Waals surface area contributed by atoms with Crippen LogP contribution in [0.15, 0.2) is 18.2 Å². The molecule has 1 aliphatic rings. The fraction of sp³-hybridized carbons (Fsp3) is 0.500. The normalized spacial score (nSPS) is 20.8. The summed E-state index contributed by atoms with van der Waals surface area (Å²) in [6.45, 7) is 8.56. The van der Waals surface area contributed by atoms with Gasteiger partial charge in [0, 0.05) is 19.6 Å². The lowest BCUT2D eigenvalue weighted by Crippen LogP contribution is -2.53. The van der Waals surface area contributed by atoms with Gasteiger partial charge >= 0.3 is 0 Å². The highest BCUT2D eigenvalue weighted by Gasteiger charge is 2.24. The minimum atomic E-state index is -0.0460. The van der Waals surface area contributed by atoms with Gasteiger partial charge in [0.1, 0.15) is 0 Å². The monoisotopic (exact) mass is 232 g/mol. The van der Waals surface area contributed by atoms with Crippen LogP contribution in [0.5, 0.6) is 0 Å². The van der Waals surface area contributed by atoms with Gasteiger partial charge in [-0.2, -0.15) is 0 Å². The Kier molecular flexibility index (Phi) is 3.48. The SMILES string of the molecule is Cc1ccc(CN2CCNC(C)C2=O)cc1C. The minimum absolute atomic E-state index is 0.0460. The van der Waals surface area contributed by atoms with Crippen LogP contribution < -0.4 is 5.32 Å². The summed E-state index contributed by atoms with van der Waals surface area (Å²) in [5.41, 5.74) is 3.81. The second-order valence-corrected chi connectivity index (χ2v) is 4.85. The van der Waals surface area contributed by atoms with Crippen molar-refractivity contribution < 1.29 is 4.79 Å². The third-order valence-corrected chi connectivity index (χ3v) is 3.46. The molecule has 1 aromatic rings. The molecule has 92 valence electrons. The van der Waals surface area contributed by atoms with Gasteiger partial charge in [0.15, 0.2) is 0 Å². The van der Waals surface area contributed by atoms with E-state index in [1.807, 2.05) is 11.8 Å². The molecule has 0 radical (unpaired) electrons. The van der Waals surface area contributed by atoms with E-state index in [1.165, 1.54) is 16.7 Å². The van der Waals surface area contributed by atoms with Crippen LogP contribution in [-0.2, 0) is 11.3 Å². The number of aryl methyl sites for hydroxylation is 2. The van der Waals surface area contributed by atoms with Gasteiger partial charge in [-0.25, -0.2) is 0 Å². The van der Waals surface area contributed by atoms with Crippen molar-refractivity contribution in [3.05, 3.63) is 34.9 Å². The van der Waals surface area contributed by atoms with Crippen LogP contribution in [0.2, 0.25) is 0 Å². The molecule has 1 atom stereocenters. The van der Waals surface area contributed by atoms with E-state index in [9.17, 15) is 4.79 Å². The summed E-state index contributed by atoms with van der Waals surface area (Å²) in [6, 6.07) is 6.37. The topological polar surface area (TPSA) is 32.3 Å². The Bertz CT molecular complexity index is 428. The van der Waals surface area contributed by atoms with Crippen molar-refractivity contribution in [2.45, 2.75) is 33.4 Å². The predicted molar refractivity (Wildman–Crippen MR) is 68.8 cm³/mol. The minimum Gasteiger partial charge on any atom is -0.336 e. The summed E-state index contributed by atoms with van der Waals surface area (Å²) < 4.78 is 0. The van der Waals surface area contributed by atoms with Gasteiger partial charge in [0.25, 0.3) is 0 Å². The summed E-state index contributed by atoms with van der Waals surface area (Å²) in [4.78, 5) is 13.9. The fourth-order valence-electron chi connectivity index (χ4n) is 2.17. The molecule has 1 saturated heterocycles. The number of carbonyl (C=O) groups is 1. The Hall–Kier alpha value is -1.35. The molecule has 1 unspecified atom stereocenters. The fourth-order valence-corrected chi connectivity index (χ4v) is 2.17. The number of nitrogens with zero attached hydrogens (tertiary/aromatic N) is 1. The number of hydrogen-bond donors (Lipinski definition) is 1. The highest BCUT2D eigenvalue weighted by molar-refractivity contribution is 5.82. The van der Waals surface area contributed by atoms with Crippen molar-refractivity contribution in [3.63, 3.8) is 0 Å². The lowest BCUT2D eigenvalue weighted by molar-refractivity contribution is -0.135. The summed E-state index contributed by atoms with van der Waals surface area (Å²) in [7, 11) is 0. The number of hydrogen-bond acceptors (Lipinski definition) is 2. The maximum Gasteiger partial charge on any atom is 0.239 e. The average molecular weight is 232 g/mol. The number of carbonyl (C=O) groups excluding carboxylic acids is 1. The first-order valence-electron chi connectivity index (χ1n) is 6.16. The van der Waals surface area contributed by atoms with Crippen LogP contribution in [0.3, 0.4) is 0 Å². The third kappa shape index (κ3) is 2.67. The molecule has 0 aromatic heterocycles. The number of piperazine rings is 1. The summed E-state index contributed by atoms with van der Waals surface area (Å²) in [5, 5.41) is 3.18. The van der Waals surface area contributed by atoms with Crippen molar-refractivity contribution in [2.24, 2.45) is 0 Å². The molecule has 1 N–H and O–H groups in total. The maximum absolute atomic E-state index is 11.9. The molecule has 0 saturated carbocycles. The molecule has 0 bridgehead atoms. The van der Waals surface area contributed by atoms with E-state index >= 15 is 0 Å². The molecule has 3 nitrogen and oxygen atoms in total. The van der Waals surface area contributed by atoms with Crippen molar-refractivity contribution in [1.82, 2.24) is 10.2 Å². The molecule has 0 spiro atoms. The van der Waals surface area contributed by atoms with E-state index in [0.29, 0.717) is 0 Å². The van der Waals surface area contributed by atoms with Gasteiger partial charge in [-0.15, -0.1) is 0 Å². The summed E-state index contributed by atoms with van der Waals surface area (Å²) >= 11 is 0. The molecule has 1 heterocycles. The largest absolute Gasteiger partial charge is 0.336 e. The number of benzene rings is 1. The Morgan fingerprint density at radius 2 is 2.12 bits per heavy atom. The Labute approximate surface area is 103 Å². The van der Waals surface area contributed by atoms with Gasteiger partial charge in [-0.1, -0.05) is 18.2 Å². The van der Waals surface area contributed by atoms with Crippen molar-refractivity contribution >= 4 is 5.91 Å². The Morgan fingerprint density at radius 1 is 1.35 bits per heavy atom. The second-order valence-electron chi connectivity index (χ2n) is 4.85. The van der Waals surface area contributed by atoms with Crippen molar-refractivity contribution in [3.8, 4) is 0 Å². The molecule has 17 heavy (non-hydrogen) atoms. The molecular weight excluding hydrogens is 212 g/mol. The smallest absolute Gasteiger partial charge is 0.239 e. The molecule has 3 heteroatoms. The molecule has 1 amide bonds. The lowest BCUT2D eigenvalue weighted by Gasteiger charge is -2.31. The Morgan fingerprint density at radius 3 is 2.82 bits per heavy atom. The predicted octanol–water partition coefficient (Wildman–Crippen LogP) is 1.62. The van der Waals surface area contributed by atoms with E-state index < -0.39 is 0 Å². The molecule has 0 aliphatic carbocycles. The molecular formula is C14H20N2O. The highest BCUT2D eigenvalue weighted by atomic mass is 16.2. The van der Waals surface area contributed by atoms with Crippen molar-refractivity contribution in [1.29, 1.82) is 0 Å². The zero-order valence-corrected chi connectivity index (χ0v) is 10.8. The Balaban J connectivity index is 2.09. The van der Waals surface area contributed by atoms with Crippen LogP contribution in [0.25, 0.3) is 0 Å². The maximum atomic E-state index is 11.9. The van der Waals surface area contributed by atoms with Crippen LogP contribution in [0, 0.1) is 13.8 Å². The van der Waals surface area contributed by atoms with Crippen LogP contribution in [-0.4, -0.2) is 29.9 Å². The van der Waals surface area contributed by atoms with Crippen LogP contribution in [0.1, 0.15) is 23.6 Å². The third-order valence-electron chi connectivity index (χ3n) is 3.46. The molecule has 2 rings (SSSR count). The van der Waals surface area contributed by atoms with Crippen molar-refractivity contribution in [2.75, 3.05) is 13.1 Å². The van der Waals surface area contributed by atoms with Gasteiger partial charge in [0.2, 0.25) is 5.91 Å². The first-order chi connectivity index (χ1) is 8.08. The zero-order chi connectivity index (χ0) is 12.4. The standard InChI is InChI=1S/C14H20N2O/c1-10-4-5-13(8-11(10)2)9-16-7-6-15-12(3)14(16)17/h4-5,8,12,15H,6-7,9H2,1-3H3. The van der Waals surface area contributed by atoms with E-state index in [-0.39, 0.29) is 11.9 Å². The summed E-state index contributed by atoms with van der Waals surface area (Å²) in [6.07, 6.45) is 0. The molecule has 1 fully saturated rings. The van der Waals surface area contributed by atoms with E-state index in [0.717, 1.165) is 19.6 Å². The van der Waals surface area contributed by atoms with Crippen LogP contribution in [0.4, 0.5) is 0 Å². The van der Waals surface area contributed by atoms with E-state index in [1.54, 1.807) is 0 Å². The number of rotatable bonds is 2. The average Bonchev–Trinajstić information content (AvgIpc) is 2.30. The molecule has 1 aromatic carbocycles. The van der Waals surface area contributed by atoms with Gasteiger partial charge in [-0.05, 0) is 37.5 Å². The lowest BCUT2D eigenvalue weighted by atomic mass is 10.1. The zero-order valence-electron chi connectivity index (χ0n) is 10.8. The quantitative estimate of drug-likeness (QED) is 0.840. The first kappa shape index (κ1) is 12.1. The molecule has 1 aliphatic heterocycles. The van der Waals surface area contributed by atoms with Gasteiger partial charge in [0.05, 0.1) is 6.04 Å². The first-order valence-corrected chi connectivity index (χ1v) is 6.16. The van der Waals surface area contributed by atoms with E-state index in [4.69, 9.17) is 0 Å². The van der Waals surface area contributed by atoms with Crippen LogP contribution >= 0.6 is 0 Å². The number of nitrogens with one attached hydrogen (secondary N) is 1. The van der Waals surface area contributed by atoms with Gasteiger partial charge < -0.3 is 10.2 Å². The van der Waals surface area contributed by atoms with E-state index in [2.05, 4.69) is 37.4 Å². The second kappa shape index (κ2) is 4.88.